The number of nitrogens with one attached hydrogen (secondary N) is 1. The monoisotopic (exact) mass is 935 g/mol. The van der Waals surface area contributed by atoms with Gasteiger partial charge in [-0.05, 0) is 96.3 Å². The number of rotatable bonds is 44. The smallest absolute Gasteiger partial charge is 0.268 e. The van der Waals surface area contributed by atoms with Crippen LogP contribution in [0.15, 0.2) is 134 Å². The minimum absolute atomic E-state index is 0.000274. The van der Waals surface area contributed by atoms with Gasteiger partial charge in [0.05, 0.1) is 39.9 Å². The minimum atomic E-state index is -4.56. The van der Waals surface area contributed by atoms with Crippen molar-refractivity contribution in [2.45, 2.75) is 180 Å². The highest BCUT2D eigenvalue weighted by atomic mass is 31.2. The second-order valence-corrected chi connectivity index (χ2v) is 19.2. The number of hydrogen-bond acceptors (Lipinski definition) is 6. The summed E-state index contributed by atoms with van der Waals surface area (Å²) in [5.41, 5.74) is 0. The van der Waals surface area contributed by atoms with Crippen LogP contribution in [-0.4, -0.2) is 68.5 Å². The molecule has 3 unspecified atom stereocenters. The summed E-state index contributed by atoms with van der Waals surface area (Å²) in [6, 6.07) is -0.817. The average Bonchev–Trinajstić information content (AvgIpc) is 3.27. The molecule has 0 radical (unpaired) electrons. The van der Waals surface area contributed by atoms with Crippen LogP contribution in [0.25, 0.3) is 0 Å². The first-order valence-electron chi connectivity index (χ1n) is 25.5. The van der Waals surface area contributed by atoms with Crippen LogP contribution in [0.3, 0.4) is 0 Å². The first-order valence-corrected chi connectivity index (χ1v) is 27.0. The van der Waals surface area contributed by atoms with Crippen molar-refractivity contribution in [3.05, 3.63) is 134 Å². The number of amides is 1. The van der Waals surface area contributed by atoms with E-state index in [1.165, 1.54) is 0 Å². The van der Waals surface area contributed by atoms with Crippen LogP contribution in [0.5, 0.6) is 0 Å². The summed E-state index contributed by atoms with van der Waals surface area (Å²) >= 11 is 0. The van der Waals surface area contributed by atoms with Crippen LogP contribution >= 0.6 is 7.82 Å². The highest BCUT2D eigenvalue weighted by Gasteiger charge is 2.24. The lowest BCUT2D eigenvalue weighted by Gasteiger charge is -2.30. The van der Waals surface area contributed by atoms with Gasteiger partial charge < -0.3 is 28.8 Å². The van der Waals surface area contributed by atoms with E-state index in [9.17, 15) is 19.4 Å². The molecule has 66 heavy (non-hydrogen) atoms. The summed E-state index contributed by atoms with van der Waals surface area (Å²) < 4.78 is 23.1. The summed E-state index contributed by atoms with van der Waals surface area (Å²) in [7, 11) is 1.26. The Labute approximate surface area is 405 Å². The molecule has 0 fully saturated rings. The number of aliphatic hydroxyl groups excluding tert-OH is 1. The first kappa shape index (κ1) is 62.6. The highest BCUT2D eigenvalue weighted by Crippen LogP contribution is 2.38. The SMILES string of the molecule is CC/C=C\C/C=C\C/C=C\C/C=C\C/C=C\C/C=C\C/C=C\C/C=C\C/C=C\C/C=C\C/C=C\CCCCCCCC(=O)NC(COP(=O)([O-])OCC[N+](C)(C)C)C(O)CCCCCCC. The number of likely N-dealkylation sites (N-methyl/N-ethyl adjacent to an activating group) is 1. The molecule has 0 aromatic carbocycles. The number of unbranched alkanes of at least 4 members (excludes halogenated alkanes) is 9. The van der Waals surface area contributed by atoms with Gasteiger partial charge in [-0.3, -0.25) is 9.36 Å². The zero-order chi connectivity index (χ0) is 48.5. The molecule has 0 saturated heterocycles. The zero-order valence-electron chi connectivity index (χ0n) is 42.3. The first-order chi connectivity index (χ1) is 32.0. The molecule has 0 aliphatic rings. The summed E-state index contributed by atoms with van der Waals surface area (Å²) in [6.07, 6.45) is 71.0. The lowest BCUT2D eigenvalue weighted by Crippen LogP contribution is -2.46. The van der Waals surface area contributed by atoms with Crippen LogP contribution in [-0.2, 0) is 18.4 Å². The maximum atomic E-state index is 12.8. The van der Waals surface area contributed by atoms with Gasteiger partial charge in [0.2, 0.25) is 5.91 Å². The molecule has 0 bridgehead atoms. The van der Waals surface area contributed by atoms with Gasteiger partial charge in [0.1, 0.15) is 13.2 Å². The van der Waals surface area contributed by atoms with Gasteiger partial charge in [0.15, 0.2) is 0 Å². The standard InChI is InChI=1S/C57H95N2O6P/c1-6-8-10-12-13-14-15-16-17-18-19-20-21-22-23-24-25-26-27-28-29-30-31-32-33-34-35-36-37-38-39-40-41-42-43-44-45-47-49-51-57(61)58-55(56(60)50-48-46-11-9-7-2)54-65-66(62,63)64-53-52-59(3,4)5/h8,10,13-14,16-17,19-20,22-23,25-26,28-29,31-32,34-35,37-38,40-41,55-56,60H,6-7,9,11-12,15,18,21,24,27,30,33,36,39,42-54H2,1-5H3,(H-,58,61,62,63)/b10-8-,14-13-,17-16-,20-19-,23-22-,26-25-,29-28-,32-31-,35-34-,38-37-,41-40-. The Bertz CT molecular complexity index is 1530. The highest BCUT2D eigenvalue weighted by molar-refractivity contribution is 7.45. The number of allylic oxidation sites excluding steroid dienone is 22. The number of nitrogens with zero attached hydrogens (tertiary/aromatic N) is 1. The second kappa shape index (κ2) is 46.7. The molecule has 0 saturated carbocycles. The molecule has 3 atom stereocenters. The van der Waals surface area contributed by atoms with Gasteiger partial charge in [-0.2, -0.15) is 0 Å². The van der Waals surface area contributed by atoms with Crippen molar-refractivity contribution in [3.63, 3.8) is 0 Å². The van der Waals surface area contributed by atoms with Crippen molar-refractivity contribution in [2.24, 2.45) is 0 Å². The molecular formula is C57H95N2O6P. The lowest BCUT2D eigenvalue weighted by molar-refractivity contribution is -0.870. The fraction of sp³-hybridized carbons (Fsp3) is 0.596. The third-order valence-electron chi connectivity index (χ3n) is 10.4. The second-order valence-electron chi connectivity index (χ2n) is 17.8. The van der Waals surface area contributed by atoms with Gasteiger partial charge in [-0.15, -0.1) is 0 Å². The normalized spacial score (nSPS) is 15.2. The van der Waals surface area contributed by atoms with E-state index >= 15 is 0 Å². The molecule has 9 heteroatoms. The number of hydrogen-bond donors (Lipinski definition) is 2. The molecule has 0 spiro atoms. The molecule has 2 N–H and O–H groups in total. The molecule has 0 aromatic rings. The molecule has 0 aliphatic heterocycles. The van der Waals surface area contributed by atoms with E-state index in [2.05, 4.69) is 153 Å². The summed E-state index contributed by atoms with van der Waals surface area (Å²) in [5, 5.41) is 13.7. The molecular weight excluding hydrogens is 840 g/mol. The van der Waals surface area contributed by atoms with Crippen molar-refractivity contribution in [1.29, 1.82) is 0 Å². The largest absolute Gasteiger partial charge is 0.756 e. The Morgan fingerprint density at radius 3 is 1.35 bits per heavy atom. The molecule has 0 aromatic heterocycles. The number of carbonyl (C=O) groups is 1. The van der Waals surface area contributed by atoms with E-state index in [0.29, 0.717) is 23.9 Å². The van der Waals surface area contributed by atoms with Gasteiger partial charge in [0.25, 0.3) is 7.82 Å². The Balaban J connectivity index is 4.02. The molecule has 1 amide bonds. The van der Waals surface area contributed by atoms with Crippen LogP contribution < -0.4 is 10.2 Å². The van der Waals surface area contributed by atoms with E-state index in [0.717, 1.165) is 141 Å². The summed E-state index contributed by atoms with van der Waals surface area (Å²) in [5.74, 6) is -0.198. The fourth-order valence-corrected chi connectivity index (χ4v) is 7.12. The van der Waals surface area contributed by atoms with Gasteiger partial charge in [0, 0.05) is 6.42 Å². The number of phosphoric ester groups is 1. The van der Waals surface area contributed by atoms with Crippen molar-refractivity contribution in [2.75, 3.05) is 40.9 Å². The van der Waals surface area contributed by atoms with Gasteiger partial charge in [-0.25, -0.2) is 0 Å². The Hall–Kier alpha value is -3.36. The Kier molecular flexibility index (Phi) is 44.4. The quantitative estimate of drug-likeness (QED) is 0.0273. The van der Waals surface area contributed by atoms with E-state index in [1.807, 2.05) is 21.1 Å². The predicted molar refractivity (Wildman–Crippen MR) is 283 cm³/mol. The van der Waals surface area contributed by atoms with Gasteiger partial charge >= 0.3 is 0 Å². The lowest BCUT2D eigenvalue weighted by atomic mass is 10.0. The molecule has 0 aliphatic carbocycles. The van der Waals surface area contributed by atoms with Crippen molar-refractivity contribution >= 4 is 13.7 Å². The predicted octanol–water partition coefficient (Wildman–Crippen LogP) is 14.6. The van der Waals surface area contributed by atoms with Crippen molar-refractivity contribution in [1.82, 2.24) is 5.32 Å². The number of carbonyl (C=O) groups excluding carboxylic acids is 1. The zero-order valence-corrected chi connectivity index (χ0v) is 43.2. The van der Waals surface area contributed by atoms with E-state index < -0.39 is 20.0 Å². The Morgan fingerprint density at radius 2 is 0.924 bits per heavy atom. The maximum absolute atomic E-state index is 12.8. The van der Waals surface area contributed by atoms with E-state index in [4.69, 9.17) is 9.05 Å². The third kappa shape index (κ3) is 48.6. The average molecular weight is 935 g/mol. The third-order valence-corrected chi connectivity index (χ3v) is 11.4. The molecule has 0 heterocycles. The summed E-state index contributed by atoms with van der Waals surface area (Å²) in [4.78, 5) is 25.2. The van der Waals surface area contributed by atoms with Crippen molar-refractivity contribution in [3.8, 4) is 0 Å². The molecule has 374 valence electrons. The number of phosphoric acid groups is 1. The number of quaternary nitrogens is 1. The van der Waals surface area contributed by atoms with E-state index in [-0.39, 0.29) is 19.1 Å². The Morgan fingerprint density at radius 1 is 0.545 bits per heavy atom. The molecule has 8 nitrogen and oxygen atoms in total. The number of aliphatic hydroxyl groups is 1. The molecule has 0 rings (SSSR count). The van der Waals surface area contributed by atoms with Crippen LogP contribution in [0, 0.1) is 0 Å². The maximum Gasteiger partial charge on any atom is 0.268 e. The van der Waals surface area contributed by atoms with Crippen LogP contribution in [0.2, 0.25) is 0 Å². The summed E-state index contributed by atoms with van der Waals surface area (Å²) in [6.45, 7) is 4.46. The topological polar surface area (TPSA) is 108 Å². The van der Waals surface area contributed by atoms with Crippen LogP contribution in [0.1, 0.15) is 168 Å². The van der Waals surface area contributed by atoms with Gasteiger partial charge in [-0.1, -0.05) is 199 Å². The van der Waals surface area contributed by atoms with Crippen LogP contribution in [0.4, 0.5) is 0 Å². The van der Waals surface area contributed by atoms with E-state index in [1.54, 1.807) is 0 Å². The van der Waals surface area contributed by atoms with Crippen molar-refractivity contribution < 1.29 is 32.9 Å². The minimum Gasteiger partial charge on any atom is -0.756 e. The fourth-order valence-electron chi connectivity index (χ4n) is 6.39.